The molecule has 1 fully saturated rings. The number of hydrogen-bond donors (Lipinski definition) is 1. The molecule has 106 valence electrons. The topological polar surface area (TPSA) is 49.6 Å². The van der Waals surface area contributed by atoms with E-state index < -0.39 is 0 Å². The normalized spacial score (nSPS) is 20.4. The first-order valence-corrected chi connectivity index (χ1v) is 7.11. The van der Waals surface area contributed by atoms with Gasteiger partial charge in [0.25, 0.3) is 0 Å². The molecule has 0 aromatic carbocycles. The second-order valence-corrected chi connectivity index (χ2v) is 6.14. The first-order valence-electron chi connectivity index (χ1n) is 7.11. The fourth-order valence-corrected chi connectivity index (χ4v) is 2.59. The predicted octanol–water partition coefficient (Wildman–Crippen LogP) is 1.30. The van der Waals surface area contributed by atoms with E-state index in [1.165, 1.54) is 0 Å². The molecule has 0 bridgehead atoms. The van der Waals surface area contributed by atoms with Gasteiger partial charge in [-0.1, -0.05) is 13.8 Å². The average Bonchev–Trinajstić information content (AvgIpc) is 2.30. The predicted molar refractivity (Wildman–Crippen MR) is 75.3 cm³/mol. The van der Waals surface area contributed by atoms with Gasteiger partial charge in [-0.05, 0) is 52.7 Å². The number of piperidine rings is 1. The minimum atomic E-state index is -0.368. The quantitative estimate of drug-likeness (QED) is 0.824. The van der Waals surface area contributed by atoms with Crippen molar-refractivity contribution in [2.75, 3.05) is 20.1 Å². The van der Waals surface area contributed by atoms with Crippen molar-refractivity contribution < 1.29 is 4.79 Å². The highest BCUT2D eigenvalue weighted by atomic mass is 16.2. The standard InChI is InChI=1S/C14H29N3O/c1-10(2)13(15)14(18)17(11(3)4)12-6-8-16(5)9-7-12/h10-13H,6-9,15H2,1-5H3. The molecule has 1 unspecified atom stereocenters. The van der Waals surface area contributed by atoms with Gasteiger partial charge in [-0.25, -0.2) is 0 Å². The molecule has 4 heteroatoms. The largest absolute Gasteiger partial charge is 0.336 e. The Labute approximate surface area is 111 Å². The Balaban J connectivity index is 2.73. The summed E-state index contributed by atoms with van der Waals surface area (Å²) in [5.74, 6) is 0.319. The van der Waals surface area contributed by atoms with Crippen LogP contribution >= 0.6 is 0 Å². The Morgan fingerprint density at radius 3 is 2.11 bits per heavy atom. The van der Waals surface area contributed by atoms with E-state index in [1.807, 2.05) is 18.7 Å². The maximum atomic E-state index is 12.5. The molecule has 2 N–H and O–H groups in total. The number of carbonyl (C=O) groups is 1. The molecule has 0 radical (unpaired) electrons. The molecule has 0 spiro atoms. The number of amides is 1. The van der Waals surface area contributed by atoms with Crippen LogP contribution < -0.4 is 5.73 Å². The van der Waals surface area contributed by atoms with Gasteiger partial charge in [0.15, 0.2) is 0 Å². The van der Waals surface area contributed by atoms with Gasteiger partial charge in [0, 0.05) is 12.1 Å². The molecule has 1 atom stereocenters. The lowest BCUT2D eigenvalue weighted by atomic mass is 9.98. The third-order valence-electron chi connectivity index (χ3n) is 3.90. The summed E-state index contributed by atoms with van der Waals surface area (Å²) < 4.78 is 0. The molecule has 1 heterocycles. The molecule has 18 heavy (non-hydrogen) atoms. The second kappa shape index (κ2) is 6.53. The van der Waals surface area contributed by atoms with Gasteiger partial charge in [0.2, 0.25) is 5.91 Å². The molecular formula is C14H29N3O. The molecule has 0 aromatic rings. The van der Waals surface area contributed by atoms with Crippen molar-refractivity contribution in [3.63, 3.8) is 0 Å². The maximum Gasteiger partial charge on any atom is 0.240 e. The van der Waals surface area contributed by atoms with Crippen molar-refractivity contribution in [2.24, 2.45) is 11.7 Å². The molecule has 1 saturated heterocycles. The zero-order valence-electron chi connectivity index (χ0n) is 12.5. The Kier molecular flexibility index (Phi) is 5.60. The smallest absolute Gasteiger partial charge is 0.240 e. The number of nitrogens with two attached hydrogens (primary N) is 1. The number of likely N-dealkylation sites (tertiary alicyclic amines) is 1. The third-order valence-corrected chi connectivity index (χ3v) is 3.90. The molecule has 0 saturated carbocycles. The van der Waals surface area contributed by atoms with Crippen LogP contribution in [-0.4, -0.2) is 54.0 Å². The van der Waals surface area contributed by atoms with Crippen molar-refractivity contribution in [3.05, 3.63) is 0 Å². The lowest BCUT2D eigenvalue weighted by molar-refractivity contribution is -0.139. The van der Waals surface area contributed by atoms with Crippen LogP contribution in [-0.2, 0) is 4.79 Å². The van der Waals surface area contributed by atoms with Crippen LogP contribution in [0, 0.1) is 5.92 Å². The summed E-state index contributed by atoms with van der Waals surface area (Å²) >= 11 is 0. The van der Waals surface area contributed by atoms with E-state index in [2.05, 4.69) is 25.8 Å². The van der Waals surface area contributed by atoms with Crippen molar-refractivity contribution in [3.8, 4) is 0 Å². The second-order valence-electron chi connectivity index (χ2n) is 6.14. The summed E-state index contributed by atoms with van der Waals surface area (Å²) in [6.45, 7) is 10.3. The number of hydrogen-bond acceptors (Lipinski definition) is 3. The van der Waals surface area contributed by atoms with Gasteiger partial charge in [0.1, 0.15) is 0 Å². The van der Waals surface area contributed by atoms with E-state index in [0.717, 1.165) is 25.9 Å². The molecule has 0 aliphatic carbocycles. The number of rotatable bonds is 4. The van der Waals surface area contributed by atoms with Crippen molar-refractivity contribution in [1.29, 1.82) is 0 Å². The van der Waals surface area contributed by atoms with Crippen LogP contribution in [0.3, 0.4) is 0 Å². The van der Waals surface area contributed by atoms with E-state index in [0.29, 0.717) is 6.04 Å². The summed E-state index contributed by atoms with van der Waals surface area (Å²) in [5, 5.41) is 0. The molecule has 0 aromatic heterocycles. The maximum absolute atomic E-state index is 12.5. The van der Waals surface area contributed by atoms with Crippen LogP contribution in [0.1, 0.15) is 40.5 Å². The fourth-order valence-electron chi connectivity index (χ4n) is 2.59. The lowest BCUT2D eigenvalue weighted by Crippen LogP contribution is -2.55. The number of carbonyl (C=O) groups excluding carboxylic acids is 1. The van der Waals surface area contributed by atoms with Crippen LogP contribution in [0.4, 0.5) is 0 Å². The SMILES string of the molecule is CC(C)C(N)C(=O)N(C(C)C)C1CCN(C)CC1. The van der Waals surface area contributed by atoms with Crippen molar-refractivity contribution in [1.82, 2.24) is 9.80 Å². The van der Waals surface area contributed by atoms with Crippen LogP contribution in [0.5, 0.6) is 0 Å². The number of nitrogens with zero attached hydrogens (tertiary/aromatic N) is 2. The highest BCUT2D eigenvalue weighted by molar-refractivity contribution is 5.82. The van der Waals surface area contributed by atoms with E-state index in [-0.39, 0.29) is 23.9 Å². The lowest BCUT2D eigenvalue weighted by Gasteiger charge is -2.41. The molecule has 1 aliphatic heterocycles. The molecule has 1 aliphatic rings. The Morgan fingerprint density at radius 1 is 1.22 bits per heavy atom. The van der Waals surface area contributed by atoms with E-state index in [1.54, 1.807) is 0 Å². The highest BCUT2D eigenvalue weighted by Crippen LogP contribution is 2.20. The molecule has 1 rings (SSSR count). The monoisotopic (exact) mass is 255 g/mol. The summed E-state index contributed by atoms with van der Waals surface area (Å²) in [4.78, 5) is 16.8. The van der Waals surface area contributed by atoms with Gasteiger partial charge in [-0.15, -0.1) is 0 Å². The zero-order valence-corrected chi connectivity index (χ0v) is 12.5. The first-order chi connectivity index (χ1) is 8.34. The summed E-state index contributed by atoms with van der Waals surface area (Å²) in [6.07, 6.45) is 2.12. The average molecular weight is 255 g/mol. The molecular weight excluding hydrogens is 226 g/mol. The molecule has 1 amide bonds. The Bertz CT molecular complexity index is 270. The fraction of sp³-hybridized carbons (Fsp3) is 0.929. The van der Waals surface area contributed by atoms with Crippen LogP contribution in [0.2, 0.25) is 0 Å². The minimum Gasteiger partial charge on any atom is -0.336 e. The summed E-state index contributed by atoms with van der Waals surface area (Å²) in [7, 11) is 2.14. The molecule has 4 nitrogen and oxygen atoms in total. The summed E-state index contributed by atoms with van der Waals surface area (Å²) in [6, 6.07) is 0.223. The van der Waals surface area contributed by atoms with E-state index in [4.69, 9.17) is 5.73 Å². The minimum absolute atomic E-state index is 0.120. The van der Waals surface area contributed by atoms with Crippen molar-refractivity contribution >= 4 is 5.91 Å². The highest BCUT2D eigenvalue weighted by Gasteiger charge is 2.32. The van der Waals surface area contributed by atoms with Gasteiger partial charge in [-0.2, -0.15) is 0 Å². The van der Waals surface area contributed by atoms with Crippen LogP contribution in [0.25, 0.3) is 0 Å². The first kappa shape index (κ1) is 15.4. The van der Waals surface area contributed by atoms with Gasteiger partial charge >= 0.3 is 0 Å². The Morgan fingerprint density at radius 2 is 1.72 bits per heavy atom. The van der Waals surface area contributed by atoms with Gasteiger partial charge in [0.05, 0.1) is 6.04 Å². The Hall–Kier alpha value is -0.610. The van der Waals surface area contributed by atoms with Gasteiger partial charge < -0.3 is 15.5 Å². The zero-order chi connectivity index (χ0) is 13.9. The summed E-state index contributed by atoms with van der Waals surface area (Å²) in [5.41, 5.74) is 6.03. The van der Waals surface area contributed by atoms with Crippen molar-refractivity contribution in [2.45, 2.75) is 58.7 Å². The third kappa shape index (κ3) is 3.69. The van der Waals surface area contributed by atoms with E-state index in [9.17, 15) is 4.79 Å². The van der Waals surface area contributed by atoms with E-state index >= 15 is 0 Å². The van der Waals surface area contributed by atoms with Crippen LogP contribution in [0.15, 0.2) is 0 Å². The van der Waals surface area contributed by atoms with Gasteiger partial charge in [-0.3, -0.25) is 4.79 Å².